The van der Waals surface area contributed by atoms with Gasteiger partial charge in [-0.15, -0.1) is 0 Å². The molecular formula is C43H50F5N7O6S3Si. The summed E-state index contributed by atoms with van der Waals surface area (Å²) in [5, 5.41) is 10.3. The smallest absolute Gasteiger partial charge is 0.408 e. The van der Waals surface area contributed by atoms with Gasteiger partial charge in [-0.1, -0.05) is 79.9 Å². The molecule has 0 radical (unpaired) electrons. The fourth-order valence-electron chi connectivity index (χ4n) is 9.25. The maximum Gasteiger partial charge on any atom is 0.408 e. The Hall–Kier alpha value is -4.25. The van der Waals surface area contributed by atoms with Gasteiger partial charge in [-0.2, -0.15) is 17.6 Å². The van der Waals surface area contributed by atoms with Crippen LogP contribution in [0.15, 0.2) is 53.7 Å². The largest absolute Gasteiger partial charge is 0.465 e. The minimum atomic E-state index is -3.36. The van der Waals surface area contributed by atoms with Crippen LogP contribution in [0.5, 0.6) is 0 Å². The Bertz CT molecular complexity index is 2760. The number of rotatable bonds is 10. The third kappa shape index (κ3) is 8.88. The molecule has 2 aromatic carbocycles. The summed E-state index contributed by atoms with van der Waals surface area (Å²) in [5.74, 6) is -6.72. The Kier molecular flexibility index (Phi) is 11.8. The highest BCUT2D eigenvalue weighted by molar-refractivity contribution is 7.98. The van der Waals surface area contributed by atoms with Gasteiger partial charge >= 0.3 is 6.09 Å². The molecule has 2 aromatic heterocycles. The standard InChI is InChI=1S/C23H29F2N3O4S2Si.C20H21F3N4O2S/c1-33-20-26-18(17-9-10-23(24,25)19(17)27-20)15-5-7-16(8-6-15)22(13-34(31,32)14-22)28(21(29)30)11-12-35(2,3)4;1-11-15(21)8-27(11)18-25-16(14-6-7-20(22,23)17(14)26-18)12-2-4-13(5-3-12)19(24)9-30(28,29)10-19/h5-8H,9-14H2,1-4H3,(H,29,30);2-5,11,15H,6-10,24H2,1H3/t;11-,15+/m.0/s1. The SMILES string of the molecule is CSc1nc(-c2ccc(C3(N(CC[Si](C)(C)C)C(=O)O)CS(=O)(=O)C3)cc2)c2c(n1)C(F)(F)CC2.C[C@H]1[C@H](F)CN1c1nc(-c2ccc(C3(N)CS(=O)(=O)C3)cc2)c2c(n1)C(F)(F)CC2. The van der Waals surface area contributed by atoms with E-state index < -0.39 is 69.0 Å². The van der Waals surface area contributed by atoms with Crippen LogP contribution in [0.2, 0.25) is 25.7 Å². The second kappa shape index (κ2) is 16.2. The highest BCUT2D eigenvalue weighted by Crippen LogP contribution is 2.47. The highest BCUT2D eigenvalue weighted by atomic mass is 32.2. The molecule has 13 nitrogen and oxygen atoms in total. The maximum absolute atomic E-state index is 14.5. The van der Waals surface area contributed by atoms with E-state index in [1.165, 1.54) is 16.7 Å². The van der Waals surface area contributed by atoms with Crippen LogP contribution >= 0.6 is 11.8 Å². The minimum Gasteiger partial charge on any atom is -0.465 e. The number of nitrogens with zero attached hydrogens (tertiary/aromatic N) is 6. The first-order chi connectivity index (χ1) is 30.2. The predicted octanol–water partition coefficient (Wildman–Crippen LogP) is 7.16. The molecule has 2 aliphatic carbocycles. The van der Waals surface area contributed by atoms with Crippen LogP contribution < -0.4 is 10.6 Å². The van der Waals surface area contributed by atoms with Gasteiger partial charge in [-0.25, -0.2) is 46.0 Å². The molecule has 5 aliphatic rings. The van der Waals surface area contributed by atoms with E-state index in [0.717, 1.165) is 0 Å². The molecule has 65 heavy (non-hydrogen) atoms. The van der Waals surface area contributed by atoms with E-state index in [1.54, 1.807) is 66.6 Å². The molecule has 3 saturated heterocycles. The van der Waals surface area contributed by atoms with Gasteiger partial charge in [0.2, 0.25) is 5.95 Å². The number of halogens is 5. The van der Waals surface area contributed by atoms with Gasteiger partial charge in [-0.3, -0.25) is 4.90 Å². The van der Waals surface area contributed by atoms with E-state index in [0.29, 0.717) is 50.8 Å². The number of fused-ring (bicyclic) bond motifs is 2. The molecule has 0 bridgehead atoms. The molecule has 0 unspecified atom stereocenters. The quantitative estimate of drug-likeness (QED) is 0.0706. The van der Waals surface area contributed by atoms with Gasteiger partial charge in [0.1, 0.15) is 17.6 Å². The zero-order valence-corrected chi connectivity index (χ0v) is 39.9. The lowest BCUT2D eigenvalue weighted by atomic mass is 9.89. The highest BCUT2D eigenvalue weighted by Gasteiger charge is 2.56. The summed E-state index contributed by atoms with van der Waals surface area (Å²) in [6.45, 7) is 8.42. The number of benzene rings is 2. The van der Waals surface area contributed by atoms with Gasteiger partial charge < -0.3 is 15.7 Å². The van der Waals surface area contributed by atoms with E-state index in [4.69, 9.17) is 5.73 Å². The lowest BCUT2D eigenvalue weighted by Gasteiger charge is -2.49. The Morgan fingerprint density at radius 3 is 1.75 bits per heavy atom. The van der Waals surface area contributed by atoms with E-state index in [9.17, 15) is 48.7 Å². The number of nitrogens with two attached hydrogens (primary N) is 1. The van der Waals surface area contributed by atoms with E-state index in [2.05, 4.69) is 39.6 Å². The molecule has 2 atom stereocenters. The maximum atomic E-state index is 14.5. The zero-order valence-electron chi connectivity index (χ0n) is 36.4. The fourth-order valence-corrected chi connectivity index (χ4v) is 14.3. The van der Waals surface area contributed by atoms with Crippen LogP contribution in [0, 0.1) is 0 Å². The molecule has 3 N–H and O–H groups in total. The van der Waals surface area contributed by atoms with Crippen LogP contribution in [0.25, 0.3) is 22.5 Å². The first-order valence-electron chi connectivity index (χ1n) is 21.1. The molecular weight excluding hydrogens is 930 g/mol. The average molecular weight is 980 g/mol. The van der Waals surface area contributed by atoms with Gasteiger partial charge in [-0.05, 0) is 43.2 Å². The number of carboxylic acid groups (broad SMARTS) is 1. The van der Waals surface area contributed by atoms with Crippen molar-refractivity contribution in [3.05, 3.63) is 82.2 Å². The van der Waals surface area contributed by atoms with Crippen molar-refractivity contribution in [1.29, 1.82) is 0 Å². The summed E-state index contributed by atoms with van der Waals surface area (Å²) in [5.41, 5.74) is 7.72. The van der Waals surface area contributed by atoms with E-state index in [-0.39, 0.29) is 84.3 Å². The van der Waals surface area contributed by atoms with Crippen molar-refractivity contribution in [1.82, 2.24) is 24.8 Å². The van der Waals surface area contributed by atoms with Crippen molar-refractivity contribution >= 4 is 51.6 Å². The van der Waals surface area contributed by atoms with Gasteiger partial charge in [0, 0.05) is 49.7 Å². The molecule has 3 aliphatic heterocycles. The van der Waals surface area contributed by atoms with E-state index in [1.807, 2.05) is 0 Å². The molecule has 3 fully saturated rings. The van der Waals surface area contributed by atoms with Crippen molar-refractivity contribution in [2.75, 3.05) is 47.3 Å². The van der Waals surface area contributed by atoms with Crippen LogP contribution in [-0.4, -0.2) is 116 Å². The predicted molar refractivity (Wildman–Crippen MR) is 241 cm³/mol. The van der Waals surface area contributed by atoms with Crippen molar-refractivity contribution in [2.45, 2.75) is 98.6 Å². The molecule has 0 spiro atoms. The molecule has 1 amide bonds. The average Bonchev–Trinajstić information content (AvgIpc) is 3.70. The number of carbonyl (C=O) groups is 1. The summed E-state index contributed by atoms with van der Waals surface area (Å²) >= 11 is 1.19. The fraction of sp³-hybridized carbons (Fsp3) is 0.512. The van der Waals surface area contributed by atoms with Crippen LogP contribution in [-0.2, 0) is 55.4 Å². The van der Waals surface area contributed by atoms with Crippen LogP contribution in [0.4, 0.5) is 32.7 Å². The van der Waals surface area contributed by atoms with Crippen LogP contribution in [0.3, 0.4) is 0 Å². The lowest BCUT2D eigenvalue weighted by Crippen LogP contribution is -2.64. The molecule has 22 heteroatoms. The van der Waals surface area contributed by atoms with Crippen molar-refractivity contribution < 1.29 is 48.7 Å². The molecule has 4 aromatic rings. The van der Waals surface area contributed by atoms with Crippen LogP contribution in [0.1, 0.15) is 53.4 Å². The number of sulfone groups is 2. The second-order valence-corrected chi connectivity index (χ2v) is 29.6. The van der Waals surface area contributed by atoms with Crippen molar-refractivity contribution in [3.63, 3.8) is 0 Å². The number of aromatic nitrogens is 4. The number of hydrogen-bond acceptors (Lipinski definition) is 12. The number of hydrogen-bond donors (Lipinski definition) is 2. The third-order valence-corrected chi connectivity index (χ3v) is 19.0. The Balaban J connectivity index is 0.000000179. The summed E-state index contributed by atoms with van der Waals surface area (Å²) in [7, 11) is -8.06. The number of amides is 1. The Labute approximate surface area is 379 Å². The third-order valence-electron chi connectivity index (χ3n) is 13.0. The summed E-state index contributed by atoms with van der Waals surface area (Å²) in [6.07, 6.45) is -0.793. The summed E-state index contributed by atoms with van der Waals surface area (Å²) < 4.78 is 119. The molecule has 5 heterocycles. The molecule has 0 saturated carbocycles. The Morgan fingerprint density at radius 1 is 0.815 bits per heavy atom. The number of anilines is 1. The van der Waals surface area contributed by atoms with Crippen molar-refractivity contribution in [3.8, 4) is 22.5 Å². The van der Waals surface area contributed by atoms with Gasteiger partial charge in [0.15, 0.2) is 24.8 Å². The summed E-state index contributed by atoms with van der Waals surface area (Å²) in [4.78, 5) is 32.3. The normalized spacial score (nSPS) is 23.4. The van der Waals surface area contributed by atoms with Crippen molar-refractivity contribution in [2.24, 2.45) is 5.73 Å². The Morgan fingerprint density at radius 2 is 1.31 bits per heavy atom. The first kappa shape index (κ1) is 47.2. The summed E-state index contributed by atoms with van der Waals surface area (Å²) in [6, 6.07) is 13.9. The molecule has 350 valence electrons. The number of alkyl halides is 5. The monoisotopic (exact) mass is 979 g/mol. The van der Waals surface area contributed by atoms with Gasteiger partial charge in [0.05, 0.1) is 58.1 Å². The zero-order chi connectivity index (χ0) is 47.3. The van der Waals surface area contributed by atoms with Gasteiger partial charge in [0.25, 0.3) is 11.8 Å². The molecule has 9 rings (SSSR count). The minimum absolute atomic E-state index is 0.0775. The lowest BCUT2D eigenvalue weighted by molar-refractivity contribution is -0.00684. The number of thioether (sulfide) groups is 1. The van der Waals surface area contributed by atoms with E-state index >= 15 is 0 Å². The second-order valence-electron chi connectivity index (χ2n) is 19.1. The topological polar surface area (TPSA) is 190 Å². The first-order valence-corrected chi connectivity index (χ1v) is 29.7.